The summed E-state index contributed by atoms with van der Waals surface area (Å²) in [5.41, 5.74) is 0.824. The predicted octanol–water partition coefficient (Wildman–Crippen LogP) is 4.79. The van der Waals surface area contributed by atoms with Crippen LogP contribution in [-0.2, 0) is 22.4 Å². The van der Waals surface area contributed by atoms with Gasteiger partial charge in [-0.3, -0.25) is 9.59 Å². The number of halogens is 2. The third-order valence-corrected chi connectivity index (χ3v) is 5.29. The van der Waals surface area contributed by atoms with E-state index in [0.717, 1.165) is 20.1 Å². The second-order valence-electron chi connectivity index (χ2n) is 6.37. The smallest absolute Gasteiger partial charge is 0.318 e. The van der Waals surface area contributed by atoms with Gasteiger partial charge >= 0.3 is 11.9 Å². The highest BCUT2D eigenvalue weighted by molar-refractivity contribution is 9.10. The first kappa shape index (κ1) is 19.7. The van der Waals surface area contributed by atoms with Crippen molar-refractivity contribution in [3.8, 4) is 0 Å². The molecule has 0 amide bonds. The van der Waals surface area contributed by atoms with Crippen LogP contribution in [0.25, 0.3) is 0 Å². The Morgan fingerprint density at radius 1 is 0.840 bits per heavy atom. The van der Waals surface area contributed by atoms with Crippen molar-refractivity contribution in [3.63, 3.8) is 0 Å². The summed E-state index contributed by atoms with van der Waals surface area (Å²) in [5, 5.41) is 19.1. The summed E-state index contributed by atoms with van der Waals surface area (Å²) in [6.45, 7) is 1.73. The van der Waals surface area contributed by atoms with Gasteiger partial charge in [-0.25, -0.2) is 0 Å². The van der Waals surface area contributed by atoms with E-state index >= 15 is 0 Å². The lowest BCUT2D eigenvalue weighted by molar-refractivity contribution is -0.160. The molecule has 0 spiro atoms. The van der Waals surface area contributed by atoms with Gasteiger partial charge in [-0.1, -0.05) is 63.0 Å². The zero-order chi connectivity index (χ0) is 18.6. The molecule has 0 fully saturated rings. The van der Waals surface area contributed by atoms with E-state index in [9.17, 15) is 19.8 Å². The van der Waals surface area contributed by atoms with Crippen molar-refractivity contribution in [1.29, 1.82) is 0 Å². The zero-order valence-electron chi connectivity index (χ0n) is 13.6. The summed E-state index contributed by atoms with van der Waals surface area (Å²) < 4.78 is 1.83. The summed E-state index contributed by atoms with van der Waals surface area (Å²) in [7, 11) is 0. The van der Waals surface area contributed by atoms with Crippen molar-refractivity contribution >= 4 is 43.8 Å². The molecular formula is C19H18Br2O4. The summed E-state index contributed by atoms with van der Waals surface area (Å²) in [5.74, 6) is -4.13. The third kappa shape index (κ3) is 5.16. The summed E-state index contributed by atoms with van der Waals surface area (Å²) in [6.07, 6.45) is 0.694. The van der Waals surface area contributed by atoms with Gasteiger partial charge in [-0.2, -0.15) is 0 Å². The van der Waals surface area contributed by atoms with Gasteiger partial charge in [-0.15, -0.1) is 0 Å². The van der Waals surface area contributed by atoms with Crippen LogP contribution >= 0.6 is 31.9 Å². The van der Waals surface area contributed by atoms with Crippen LogP contribution < -0.4 is 0 Å². The van der Waals surface area contributed by atoms with Crippen LogP contribution in [0.5, 0.6) is 0 Å². The first-order valence-electron chi connectivity index (χ1n) is 7.66. The molecule has 2 rings (SSSR count). The Morgan fingerprint density at radius 2 is 1.16 bits per heavy atom. The molecule has 0 saturated carbocycles. The standard InChI is InChI=1S/C19H18Br2O4/c1-19(16(17(22)23)18(24)25,10-12-2-6-14(20)7-3-12)11-13-4-8-15(21)9-5-13/h2-9,16H,10-11H2,1H3,(H,22,23)(H,24,25). The molecule has 25 heavy (non-hydrogen) atoms. The minimum Gasteiger partial charge on any atom is -0.481 e. The van der Waals surface area contributed by atoms with Crippen molar-refractivity contribution in [2.75, 3.05) is 0 Å². The number of carboxylic acid groups (broad SMARTS) is 2. The Morgan fingerprint density at radius 3 is 1.44 bits per heavy atom. The van der Waals surface area contributed by atoms with Gasteiger partial charge in [0.05, 0.1) is 0 Å². The van der Waals surface area contributed by atoms with Gasteiger partial charge in [-0.05, 0) is 53.6 Å². The number of hydrogen-bond acceptors (Lipinski definition) is 2. The van der Waals surface area contributed by atoms with Gasteiger partial charge in [0.15, 0.2) is 5.92 Å². The Balaban J connectivity index is 2.41. The van der Waals surface area contributed by atoms with Crippen LogP contribution in [-0.4, -0.2) is 22.2 Å². The van der Waals surface area contributed by atoms with Gasteiger partial charge in [0.2, 0.25) is 0 Å². The molecule has 0 aliphatic rings. The molecule has 0 saturated heterocycles. The molecule has 2 aromatic rings. The number of carbonyl (C=O) groups is 2. The van der Waals surface area contributed by atoms with Gasteiger partial charge in [0.1, 0.15) is 0 Å². The van der Waals surface area contributed by atoms with Crippen molar-refractivity contribution < 1.29 is 19.8 Å². The molecule has 4 nitrogen and oxygen atoms in total. The van der Waals surface area contributed by atoms with Crippen LogP contribution in [0.2, 0.25) is 0 Å². The largest absolute Gasteiger partial charge is 0.481 e. The van der Waals surface area contributed by atoms with E-state index in [-0.39, 0.29) is 0 Å². The number of benzene rings is 2. The summed E-state index contributed by atoms with van der Waals surface area (Å²) in [4.78, 5) is 23.4. The number of aliphatic carboxylic acids is 2. The van der Waals surface area contributed by atoms with E-state index in [1.54, 1.807) is 6.92 Å². The molecule has 0 unspecified atom stereocenters. The highest BCUT2D eigenvalue weighted by Gasteiger charge is 2.44. The topological polar surface area (TPSA) is 74.6 Å². The molecule has 6 heteroatoms. The minimum atomic E-state index is -1.50. The Bertz CT molecular complexity index is 692. The molecule has 132 valence electrons. The molecule has 0 radical (unpaired) electrons. The Labute approximate surface area is 163 Å². The highest BCUT2D eigenvalue weighted by atomic mass is 79.9. The van der Waals surface area contributed by atoms with E-state index in [1.165, 1.54) is 0 Å². The van der Waals surface area contributed by atoms with Crippen LogP contribution in [0.1, 0.15) is 18.1 Å². The second-order valence-corrected chi connectivity index (χ2v) is 8.20. The van der Waals surface area contributed by atoms with E-state index in [4.69, 9.17) is 0 Å². The predicted molar refractivity (Wildman–Crippen MR) is 103 cm³/mol. The first-order chi connectivity index (χ1) is 11.7. The van der Waals surface area contributed by atoms with Gasteiger partial charge in [0, 0.05) is 8.95 Å². The SMILES string of the molecule is CC(Cc1ccc(Br)cc1)(Cc1ccc(Br)cc1)C(C(=O)O)C(=O)O. The lowest BCUT2D eigenvalue weighted by Crippen LogP contribution is -2.42. The zero-order valence-corrected chi connectivity index (χ0v) is 16.7. The average molecular weight is 470 g/mol. The molecule has 0 aromatic heterocycles. The highest BCUT2D eigenvalue weighted by Crippen LogP contribution is 2.36. The first-order valence-corrected chi connectivity index (χ1v) is 9.24. The molecule has 0 aliphatic carbocycles. The van der Waals surface area contributed by atoms with Crippen LogP contribution in [0.4, 0.5) is 0 Å². The molecular weight excluding hydrogens is 452 g/mol. The van der Waals surface area contributed by atoms with E-state index in [1.807, 2.05) is 48.5 Å². The van der Waals surface area contributed by atoms with Crippen molar-refractivity contribution in [2.24, 2.45) is 11.3 Å². The molecule has 2 N–H and O–H groups in total. The lowest BCUT2D eigenvalue weighted by atomic mass is 9.69. The maximum absolute atomic E-state index is 11.7. The fourth-order valence-corrected chi connectivity index (χ4v) is 3.63. The second kappa shape index (κ2) is 8.15. The Hall–Kier alpha value is -1.66. The van der Waals surface area contributed by atoms with Crippen molar-refractivity contribution in [1.82, 2.24) is 0 Å². The minimum absolute atomic E-state index is 0.347. The monoisotopic (exact) mass is 468 g/mol. The van der Waals surface area contributed by atoms with Gasteiger partial charge in [0.25, 0.3) is 0 Å². The summed E-state index contributed by atoms with van der Waals surface area (Å²) >= 11 is 6.74. The number of hydrogen-bond donors (Lipinski definition) is 2. The number of carboxylic acids is 2. The fourth-order valence-electron chi connectivity index (χ4n) is 3.11. The molecule has 0 bridgehead atoms. The maximum atomic E-state index is 11.7. The number of rotatable bonds is 7. The molecule has 0 heterocycles. The molecule has 0 aliphatic heterocycles. The van der Waals surface area contributed by atoms with Crippen LogP contribution in [0.15, 0.2) is 57.5 Å². The molecule has 0 atom stereocenters. The van der Waals surface area contributed by atoms with Crippen molar-refractivity contribution in [3.05, 3.63) is 68.6 Å². The van der Waals surface area contributed by atoms with E-state index < -0.39 is 23.3 Å². The van der Waals surface area contributed by atoms with Crippen molar-refractivity contribution in [2.45, 2.75) is 19.8 Å². The maximum Gasteiger partial charge on any atom is 0.318 e. The third-order valence-electron chi connectivity index (χ3n) is 4.23. The van der Waals surface area contributed by atoms with Crippen LogP contribution in [0.3, 0.4) is 0 Å². The quantitative estimate of drug-likeness (QED) is 0.571. The average Bonchev–Trinajstić information content (AvgIpc) is 2.51. The fraction of sp³-hybridized carbons (Fsp3) is 0.263. The summed E-state index contributed by atoms with van der Waals surface area (Å²) in [6, 6.07) is 15.0. The Kier molecular flexibility index (Phi) is 6.41. The van der Waals surface area contributed by atoms with E-state index in [2.05, 4.69) is 31.9 Å². The van der Waals surface area contributed by atoms with E-state index in [0.29, 0.717) is 12.8 Å². The van der Waals surface area contributed by atoms with Crippen LogP contribution in [0, 0.1) is 11.3 Å². The normalized spacial score (nSPS) is 11.5. The van der Waals surface area contributed by atoms with Gasteiger partial charge < -0.3 is 10.2 Å². The molecule has 2 aromatic carbocycles. The lowest BCUT2D eigenvalue weighted by Gasteiger charge is -2.33.